The zero-order valence-electron chi connectivity index (χ0n) is 8.03. The molecule has 0 saturated carbocycles. The number of hydrogen-bond donors (Lipinski definition) is 2. The van der Waals surface area contributed by atoms with Crippen molar-refractivity contribution < 1.29 is 21.9 Å². The quantitative estimate of drug-likeness (QED) is 0.790. The average molecular weight is 254 g/mol. The molecule has 9 heteroatoms. The number of methoxy groups -OCH3 is 1. The highest BCUT2D eigenvalue weighted by Crippen LogP contribution is 2.20. The lowest BCUT2D eigenvalue weighted by molar-refractivity contribution is 0.149. The Hall–Kier alpha value is -1.48. The number of aromatic amines is 1. The molecule has 0 atom stereocenters. The van der Waals surface area contributed by atoms with Crippen molar-refractivity contribution in [3.05, 3.63) is 22.0 Å². The molecule has 90 valence electrons. The molecule has 1 rings (SSSR count). The lowest BCUT2D eigenvalue weighted by atomic mass is 10.3. The van der Waals surface area contributed by atoms with Gasteiger partial charge in [0.1, 0.15) is 0 Å². The van der Waals surface area contributed by atoms with E-state index in [1.54, 1.807) is 0 Å². The van der Waals surface area contributed by atoms with Crippen molar-refractivity contribution in [3.63, 3.8) is 0 Å². The summed E-state index contributed by atoms with van der Waals surface area (Å²) >= 11 is 0. The maximum atomic E-state index is 12.3. The standard InChI is InChI=1S/C7H8F2N2O4S/c1-15-7-5(16(10,13)14)4(12)3(2-11-7)6(8)9/h2,6H,1H3,(H,11,12)(H2,10,13,14). The number of alkyl halides is 2. The second kappa shape index (κ2) is 4.18. The highest BCUT2D eigenvalue weighted by Gasteiger charge is 2.25. The van der Waals surface area contributed by atoms with Gasteiger partial charge < -0.3 is 9.72 Å². The second-order valence-corrected chi connectivity index (χ2v) is 4.28. The molecule has 1 aromatic rings. The molecule has 0 aliphatic rings. The van der Waals surface area contributed by atoms with E-state index in [0.29, 0.717) is 6.20 Å². The first kappa shape index (κ1) is 12.6. The Kier molecular flexibility index (Phi) is 3.29. The zero-order valence-corrected chi connectivity index (χ0v) is 8.85. The number of pyridine rings is 1. The highest BCUT2D eigenvalue weighted by atomic mass is 32.2. The molecule has 3 N–H and O–H groups in total. The molecule has 16 heavy (non-hydrogen) atoms. The smallest absolute Gasteiger partial charge is 0.269 e. The van der Waals surface area contributed by atoms with Gasteiger partial charge in [-0.15, -0.1) is 0 Å². The third-order valence-corrected chi connectivity index (χ3v) is 2.70. The van der Waals surface area contributed by atoms with Gasteiger partial charge >= 0.3 is 0 Å². The van der Waals surface area contributed by atoms with Crippen LogP contribution in [-0.2, 0) is 10.0 Å². The number of nitrogens with one attached hydrogen (secondary N) is 1. The fourth-order valence-corrected chi connectivity index (χ4v) is 1.86. The molecule has 0 radical (unpaired) electrons. The molecule has 0 aliphatic heterocycles. The molecular formula is C7H8F2N2O4S. The number of primary sulfonamides is 1. The summed E-state index contributed by atoms with van der Waals surface area (Å²) in [7, 11) is -3.36. The highest BCUT2D eigenvalue weighted by molar-refractivity contribution is 7.89. The number of H-pyrrole nitrogens is 1. The summed E-state index contributed by atoms with van der Waals surface area (Å²) in [5, 5.41) is 4.73. The Morgan fingerprint density at radius 3 is 2.44 bits per heavy atom. The number of sulfonamides is 1. The summed E-state index contributed by atoms with van der Waals surface area (Å²) in [5.41, 5.74) is -2.35. The van der Waals surface area contributed by atoms with Crippen molar-refractivity contribution in [1.82, 2.24) is 4.98 Å². The first-order chi connectivity index (χ1) is 7.29. The van der Waals surface area contributed by atoms with Gasteiger partial charge in [-0.2, -0.15) is 0 Å². The SMILES string of the molecule is COc1[nH]cc(C(F)F)c(=O)c1S(N)(=O)=O. The van der Waals surface area contributed by atoms with E-state index in [9.17, 15) is 22.0 Å². The summed E-state index contributed by atoms with van der Waals surface area (Å²) in [6.07, 6.45) is -2.42. The summed E-state index contributed by atoms with van der Waals surface area (Å²) in [6, 6.07) is 0. The van der Waals surface area contributed by atoms with Gasteiger partial charge in [-0.3, -0.25) is 4.79 Å². The minimum absolute atomic E-state index is 0.475. The van der Waals surface area contributed by atoms with Crippen LogP contribution < -0.4 is 15.3 Å². The van der Waals surface area contributed by atoms with Gasteiger partial charge in [0.25, 0.3) is 6.43 Å². The van der Waals surface area contributed by atoms with Gasteiger partial charge in [0.2, 0.25) is 21.3 Å². The predicted octanol–water partition coefficient (Wildman–Crippen LogP) is -0.0315. The molecule has 6 nitrogen and oxygen atoms in total. The lowest BCUT2D eigenvalue weighted by Gasteiger charge is -2.07. The van der Waals surface area contributed by atoms with E-state index in [1.807, 2.05) is 0 Å². The summed E-state index contributed by atoms with van der Waals surface area (Å²) < 4.78 is 51.3. The molecule has 0 aromatic carbocycles. The van der Waals surface area contributed by atoms with Crippen LogP contribution in [0.5, 0.6) is 5.88 Å². The van der Waals surface area contributed by atoms with E-state index in [0.717, 1.165) is 7.11 Å². The van der Waals surface area contributed by atoms with E-state index in [-0.39, 0.29) is 0 Å². The van der Waals surface area contributed by atoms with E-state index >= 15 is 0 Å². The fraction of sp³-hybridized carbons (Fsp3) is 0.286. The summed E-state index contributed by atoms with van der Waals surface area (Å²) in [6.45, 7) is 0. The zero-order chi connectivity index (χ0) is 12.5. The van der Waals surface area contributed by atoms with Crippen molar-refractivity contribution in [2.24, 2.45) is 5.14 Å². The number of halogens is 2. The maximum Gasteiger partial charge on any atom is 0.269 e. The van der Waals surface area contributed by atoms with Crippen molar-refractivity contribution in [1.29, 1.82) is 0 Å². The minimum Gasteiger partial charge on any atom is -0.481 e. The van der Waals surface area contributed by atoms with Gasteiger partial charge in [0, 0.05) is 6.20 Å². The van der Waals surface area contributed by atoms with Gasteiger partial charge in [-0.05, 0) is 0 Å². The van der Waals surface area contributed by atoms with Crippen LogP contribution in [0.4, 0.5) is 8.78 Å². The largest absolute Gasteiger partial charge is 0.481 e. The molecule has 0 saturated heterocycles. The lowest BCUT2D eigenvalue weighted by Crippen LogP contribution is -2.25. The number of nitrogens with two attached hydrogens (primary N) is 1. The van der Waals surface area contributed by atoms with Gasteiger partial charge in [-0.1, -0.05) is 0 Å². The molecule has 1 aromatic heterocycles. The van der Waals surface area contributed by atoms with E-state index in [1.165, 1.54) is 0 Å². The van der Waals surface area contributed by atoms with Gasteiger partial charge in [-0.25, -0.2) is 22.3 Å². The molecule has 0 spiro atoms. The van der Waals surface area contributed by atoms with E-state index in [4.69, 9.17) is 5.14 Å². The summed E-state index contributed by atoms with van der Waals surface area (Å²) in [4.78, 5) is 12.5. The molecule has 1 heterocycles. The first-order valence-electron chi connectivity index (χ1n) is 3.89. The van der Waals surface area contributed by atoms with E-state index in [2.05, 4.69) is 9.72 Å². The van der Waals surface area contributed by atoms with Crippen LogP contribution >= 0.6 is 0 Å². The van der Waals surface area contributed by atoms with Crippen LogP contribution in [0.15, 0.2) is 15.9 Å². The topological polar surface area (TPSA) is 102 Å². The van der Waals surface area contributed by atoms with Crippen LogP contribution in [0, 0.1) is 0 Å². The third-order valence-electron chi connectivity index (χ3n) is 1.76. The molecule has 0 amide bonds. The Labute approximate surface area is 89.1 Å². The van der Waals surface area contributed by atoms with Crippen molar-refractivity contribution in [2.75, 3.05) is 7.11 Å². The molecule has 0 bridgehead atoms. The minimum atomic E-state index is -4.43. The molecule has 0 aliphatic carbocycles. The second-order valence-electron chi connectivity index (χ2n) is 2.78. The number of ether oxygens (including phenoxy) is 1. The number of rotatable bonds is 3. The monoisotopic (exact) mass is 254 g/mol. The van der Waals surface area contributed by atoms with Gasteiger partial charge in [0.15, 0.2) is 4.90 Å². The van der Waals surface area contributed by atoms with Crippen LogP contribution in [-0.4, -0.2) is 20.5 Å². The van der Waals surface area contributed by atoms with Crippen LogP contribution in [0.1, 0.15) is 12.0 Å². The average Bonchev–Trinajstić information content (AvgIpc) is 2.14. The Morgan fingerprint density at radius 1 is 1.50 bits per heavy atom. The maximum absolute atomic E-state index is 12.3. The van der Waals surface area contributed by atoms with Gasteiger partial charge in [0.05, 0.1) is 12.7 Å². The fourth-order valence-electron chi connectivity index (χ4n) is 1.08. The van der Waals surface area contributed by atoms with Crippen LogP contribution in [0.2, 0.25) is 0 Å². The number of hydrogen-bond acceptors (Lipinski definition) is 4. The van der Waals surface area contributed by atoms with E-state index < -0.39 is 38.2 Å². The molecule has 0 fully saturated rings. The summed E-state index contributed by atoms with van der Waals surface area (Å²) in [5.74, 6) is -0.475. The normalized spacial score (nSPS) is 11.8. The number of aromatic nitrogens is 1. The van der Waals surface area contributed by atoms with Crippen molar-refractivity contribution in [2.45, 2.75) is 11.3 Å². The molecular weight excluding hydrogens is 246 g/mol. The van der Waals surface area contributed by atoms with Crippen molar-refractivity contribution >= 4 is 10.0 Å². The first-order valence-corrected chi connectivity index (χ1v) is 5.44. The Bertz CT molecular complexity index is 552. The van der Waals surface area contributed by atoms with Crippen LogP contribution in [0.25, 0.3) is 0 Å². The third kappa shape index (κ3) is 2.19. The predicted molar refractivity (Wildman–Crippen MR) is 49.9 cm³/mol. The molecule has 0 unspecified atom stereocenters. The Morgan fingerprint density at radius 2 is 2.06 bits per heavy atom. The van der Waals surface area contributed by atoms with Crippen LogP contribution in [0.3, 0.4) is 0 Å². The Balaban J connectivity index is 3.68. The van der Waals surface area contributed by atoms with Crippen molar-refractivity contribution in [3.8, 4) is 5.88 Å².